The van der Waals surface area contributed by atoms with Gasteiger partial charge in [-0.3, -0.25) is 0 Å². The summed E-state index contributed by atoms with van der Waals surface area (Å²) >= 11 is 0. The van der Waals surface area contributed by atoms with E-state index in [1.165, 1.54) is 37.8 Å². The van der Waals surface area contributed by atoms with Gasteiger partial charge >= 0.3 is 0 Å². The van der Waals surface area contributed by atoms with Gasteiger partial charge in [0, 0.05) is 23.0 Å². The lowest BCUT2D eigenvalue weighted by Gasteiger charge is -2.23. The van der Waals surface area contributed by atoms with Crippen LogP contribution in [0, 0.1) is 11.8 Å². The summed E-state index contributed by atoms with van der Waals surface area (Å²) in [6.07, 6.45) is 3.36. The van der Waals surface area contributed by atoms with Gasteiger partial charge in [-0.05, 0) is 35.9 Å². The molecule has 158 valence electrons. The van der Waals surface area contributed by atoms with Gasteiger partial charge in [-0.2, -0.15) is 4.39 Å². The molecule has 0 unspecified atom stereocenters. The Morgan fingerprint density at radius 2 is 1.77 bits per heavy atom. The molecule has 0 aliphatic carbocycles. The van der Waals surface area contributed by atoms with Crippen molar-refractivity contribution >= 4 is 26.6 Å². The van der Waals surface area contributed by atoms with Crippen molar-refractivity contribution in [1.82, 2.24) is 15.0 Å². The van der Waals surface area contributed by atoms with E-state index < -0.39 is 21.8 Å². The Morgan fingerprint density at radius 1 is 1.00 bits per heavy atom. The second-order valence-electron chi connectivity index (χ2n) is 6.53. The molecule has 0 aliphatic rings. The number of ether oxygens (including phenoxy) is 1. The molecule has 2 aromatic carbocycles. The van der Waals surface area contributed by atoms with Crippen LogP contribution in [0.1, 0.15) is 5.56 Å². The lowest BCUT2D eigenvalue weighted by molar-refractivity contribution is 0.414. The van der Waals surface area contributed by atoms with E-state index in [4.69, 9.17) is 4.74 Å². The lowest BCUT2D eigenvalue weighted by Crippen LogP contribution is -2.31. The van der Waals surface area contributed by atoms with Crippen molar-refractivity contribution in [2.45, 2.75) is 11.4 Å². The third kappa shape index (κ3) is 4.02. The number of pyridine rings is 1. The number of benzene rings is 2. The van der Waals surface area contributed by atoms with Gasteiger partial charge in [-0.1, -0.05) is 12.1 Å². The second-order valence-corrected chi connectivity index (χ2v) is 8.39. The standard InChI is InChI=1S/C21H16F2N4O3S/c1-30-15-4-2-14(3-5-15)12-27(20-8-9-24-13-26-20)31(28,29)16-6-7-17-18(10-16)19(22)11-25-21(17)23/h2-11,13H,12H2,1H3. The highest BCUT2D eigenvalue weighted by Crippen LogP contribution is 2.28. The topological polar surface area (TPSA) is 85.3 Å². The summed E-state index contributed by atoms with van der Waals surface area (Å²) in [5.41, 5.74) is 0.671. The quantitative estimate of drug-likeness (QED) is 0.423. The van der Waals surface area contributed by atoms with Crippen LogP contribution in [0.3, 0.4) is 0 Å². The van der Waals surface area contributed by atoms with Gasteiger partial charge in [0.15, 0.2) is 0 Å². The zero-order valence-electron chi connectivity index (χ0n) is 16.2. The molecule has 0 saturated heterocycles. The maximum Gasteiger partial charge on any atom is 0.265 e. The summed E-state index contributed by atoms with van der Waals surface area (Å²) in [7, 11) is -2.66. The Morgan fingerprint density at radius 3 is 2.45 bits per heavy atom. The van der Waals surface area contributed by atoms with Crippen LogP contribution in [0.4, 0.5) is 14.6 Å². The Balaban J connectivity index is 1.81. The SMILES string of the molecule is COc1ccc(CN(c2ccncn2)S(=O)(=O)c2ccc3c(F)ncc(F)c3c2)cc1. The molecule has 0 saturated carbocycles. The van der Waals surface area contributed by atoms with Crippen LogP contribution in [-0.2, 0) is 16.6 Å². The van der Waals surface area contributed by atoms with E-state index in [2.05, 4.69) is 15.0 Å². The number of methoxy groups -OCH3 is 1. The number of nitrogens with zero attached hydrogens (tertiary/aromatic N) is 4. The molecule has 0 spiro atoms. The fraction of sp³-hybridized carbons (Fsp3) is 0.0952. The Bertz CT molecular complexity index is 1330. The number of hydrogen-bond donors (Lipinski definition) is 0. The van der Waals surface area contributed by atoms with Crippen molar-refractivity contribution in [2.24, 2.45) is 0 Å². The van der Waals surface area contributed by atoms with Crippen molar-refractivity contribution in [1.29, 1.82) is 0 Å². The maximum absolute atomic E-state index is 14.2. The summed E-state index contributed by atoms with van der Waals surface area (Å²) in [5, 5.41) is -0.289. The number of hydrogen-bond acceptors (Lipinski definition) is 6. The molecule has 2 heterocycles. The number of anilines is 1. The Labute approximate surface area is 177 Å². The molecular weight excluding hydrogens is 426 g/mol. The first-order valence-electron chi connectivity index (χ1n) is 9.05. The predicted octanol–water partition coefficient (Wildman–Crippen LogP) is 3.71. The smallest absolute Gasteiger partial charge is 0.265 e. The highest BCUT2D eigenvalue weighted by atomic mass is 32.2. The summed E-state index contributed by atoms with van der Waals surface area (Å²) in [6, 6.07) is 11.8. The summed E-state index contributed by atoms with van der Waals surface area (Å²) < 4.78 is 61.3. The third-order valence-corrected chi connectivity index (χ3v) is 6.40. The van der Waals surface area contributed by atoms with Gasteiger partial charge in [0.2, 0.25) is 5.95 Å². The van der Waals surface area contributed by atoms with Gasteiger partial charge in [-0.15, -0.1) is 0 Å². The molecule has 2 aromatic heterocycles. The molecule has 0 fully saturated rings. The molecule has 31 heavy (non-hydrogen) atoms. The minimum Gasteiger partial charge on any atom is -0.497 e. The zero-order valence-corrected chi connectivity index (χ0v) is 17.1. The monoisotopic (exact) mass is 442 g/mol. The summed E-state index contributed by atoms with van der Waals surface area (Å²) in [6.45, 7) is -0.0471. The molecule has 0 aliphatic heterocycles. The fourth-order valence-corrected chi connectivity index (χ4v) is 4.49. The van der Waals surface area contributed by atoms with E-state index in [1.807, 2.05) is 0 Å². The van der Waals surface area contributed by atoms with Crippen LogP contribution in [-0.4, -0.2) is 30.5 Å². The van der Waals surface area contributed by atoms with E-state index in [-0.39, 0.29) is 28.0 Å². The second kappa shape index (κ2) is 8.23. The van der Waals surface area contributed by atoms with E-state index in [0.717, 1.165) is 10.4 Å². The minimum absolute atomic E-state index is 0.0471. The largest absolute Gasteiger partial charge is 0.497 e. The van der Waals surface area contributed by atoms with Gasteiger partial charge in [0.05, 0.1) is 24.7 Å². The highest BCUT2D eigenvalue weighted by Gasteiger charge is 2.27. The van der Waals surface area contributed by atoms with Crippen LogP contribution in [0.25, 0.3) is 10.8 Å². The first-order chi connectivity index (χ1) is 14.9. The first kappa shape index (κ1) is 20.6. The van der Waals surface area contributed by atoms with Crippen LogP contribution < -0.4 is 9.04 Å². The van der Waals surface area contributed by atoms with Gasteiger partial charge in [-0.25, -0.2) is 32.1 Å². The summed E-state index contributed by atoms with van der Waals surface area (Å²) in [5.74, 6) is -0.948. The van der Waals surface area contributed by atoms with E-state index in [1.54, 1.807) is 24.3 Å². The number of sulfonamides is 1. The van der Waals surface area contributed by atoms with Gasteiger partial charge < -0.3 is 4.74 Å². The van der Waals surface area contributed by atoms with Crippen LogP contribution in [0.15, 0.2) is 72.1 Å². The minimum atomic E-state index is -4.19. The van der Waals surface area contributed by atoms with Crippen LogP contribution >= 0.6 is 0 Å². The molecule has 7 nitrogen and oxygen atoms in total. The van der Waals surface area contributed by atoms with Crippen LogP contribution in [0.5, 0.6) is 5.75 Å². The van der Waals surface area contributed by atoms with Crippen molar-refractivity contribution in [2.75, 3.05) is 11.4 Å². The number of rotatable bonds is 6. The van der Waals surface area contributed by atoms with Gasteiger partial charge in [0.25, 0.3) is 10.0 Å². The first-order valence-corrected chi connectivity index (χ1v) is 10.5. The summed E-state index contributed by atoms with van der Waals surface area (Å²) in [4.78, 5) is 11.0. The number of aromatic nitrogens is 3. The molecule has 4 aromatic rings. The van der Waals surface area contributed by atoms with Crippen molar-refractivity contribution in [3.05, 3.63) is 84.6 Å². The van der Waals surface area contributed by atoms with Crippen molar-refractivity contribution in [3.8, 4) is 5.75 Å². The van der Waals surface area contributed by atoms with Crippen LogP contribution in [0.2, 0.25) is 0 Å². The van der Waals surface area contributed by atoms with Crippen molar-refractivity contribution in [3.63, 3.8) is 0 Å². The molecule has 0 radical (unpaired) electrons. The van der Waals surface area contributed by atoms with Crippen molar-refractivity contribution < 1.29 is 21.9 Å². The molecule has 0 N–H and O–H groups in total. The van der Waals surface area contributed by atoms with E-state index in [0.29, 0.717) is 17.5 Å². The number of fused-ring (bicyclic) bond motifs is 1. The highest BCUT2D eigenvalue weighted by molar-refractivity contribution is 7.92. The zero-order chi connectivity index (χ0) is 22.0. The Hall–Kier alpha value is -3.66. The van der Waals surface area contributed by atoms with Gasteiger partial charge in [0.1, 0.15) is 23.7 Å². The molecule has 0 atom stereocenters. The predicted molar refractivity (Wildman–Crippen MR) is 110 cm³/mol. The fourth-order valence-electron chi connectivity index (χ4n) is 3.06. The third-order valence-electron chi connectivity index (χ3n) is 4.66. The Kier molecular flexibility index (Phi) is 5.47. The lowest BCUT2D eigenvalue weighted by atomic mass is 10.2. The molecule has 10 heteroatoms. The molecule has 0 amide bonds. The average Bonchev–Trinajstić information content (AvgIpc) is 2.80. The maximum atomic E-state index is 14.2. The number of halogens is 2. The average molecular weight is 442 g/mol. The molecule has 0 bridgehead atoms. The van der Waals surface area contributed by atoms with E-state index in [9.17, 15) is 17.2 Å². The van der Waals surface area contributed by atoms with E-state index >= 15 is 0 Å². The normalized spacial score (nSPS) is 11.5. The molecule has 4 rings (SSSR count). The molecular formula is C21H16F2N4O3S.